The summed E-state index contributed by atoms with van der Waals surface area (Å²) in [7, 11) is -5.84. The van der Waals surface area contributed by atoms with E-state index in [4.69, 9.17) is 13.0 Å². The van der Waals surface area contributed by atoms with Gasteiger partial charge in [-0.05, 0) is 0 Å². The summed E-state index contributed by atoms with van der Waals surface area (Å²) in [5.41, 5.74) is -5.53. The van der Waals surface area contributed by atoms with Gasteiger partial charge in [-0.2, -0.15) is 21.6 Å². The maximum absolute atomic E-state index is 10.7. The van der Waals surface area contributed by atoms with Gasteiger partial charge in [-0.15, -0.1) is 0 Å². The van der Waals surface area contributed by atoms with Crippen LogP contribution in [0.1, 0.15) is 0 Å². The second kappa shape index (κ2) is 4.75. The molecule has 1 N–H and O–H groups in total. The molecular weight excluding hydrogens is 340 g/mol. The molecule has 0 aromatic heterocycles. The van der Waals surface area contributed by atoms with Crippen LogP contribution in [0.2, 0.25) is 0 Å². The summed E-state index contributed by atoms with van der Waals surface area (Å²) in [6, 6.07) is 0. The SMILES string of the molecule is O=S(=O)(O)C(F)(F)F.[Cu][I]. The Hall–Kier alpha value is 0.949. The zero-order chi connectivity index (χ0) is 9.00. The second-order valence-corrected chi connectivity index (χ2v) is 2.33. The molecule has 0 aliphatic carbocycles. The van der Waals surface area contributed by atoms with Crippen LogP contribution in [0.15, 0.2) is 0 Å². The minimum absolute atomic E-state index is 1.71. The molecule has 3 nitrogen and oxygen atoms in total. The molecule has 0 bridgehead atoms. The first-order chi connectivity index (χ1) is 4.25. The average molecular weight is 341 g/mol. The van der Waals surface area contributed by atoms with E-state index in [1.807, 2.05) is 0 Å². The van der Waals surface area contributed by atoms with Crippen LogP contribution in [0, 0.1) is 0 Å². The van der Waals surface area contributed by atoms with Crippen molar-refractivity contribution in [1.82, 2.24) is 0 Å². The van der Waals surface area contributed by atoms with E-state index in [1.165, 1.54) is 0 Å². The van der Waals surface area contributed by atoms with Crippen LogP contribution >= 0.6 is 20.3 Å². The van der Waals surface area contributed by atoms with E-state index in [0.29, 0.717) is 0 Å². The maximum atomic E-state index is 10.7. The zero-order valence-corrected chi connectivity index (χ0v) is 7.90. The molecule has 68 valence electrons. The Kier molecular flexibility index (Phi) is 6.43. The summed E-state index contributed by atoms with van der Waals surface area (Å²) in [6.07, 6.45) is 0. The fraction of sp³-hybridized carbons (Fsp3) is 1.00. The van der Waals surface area contributed by atoms with Crippen molar-refractivity contribution < 1.29 is 38.9 Å². The third-order valence-electron chi connectivity index (χ3n) is 0.292. The van der Waals surface area contributed by atoms with Gasteiger partial charge in [0, 0.05) is 0 Å². The standard InChI is InChI=1S/CHF3O3S.Cu.HI/c2-1(3,4)8(5,6)7;;/h(H,5,6,7);;1H/q;+1;/p-1. The Balaban J connectivity index is 0. The van der Waals surface area contributed by atoms with Crippen LogP contribution in [0.5, 0.6) is 0 Å². The van der Waals surface area contributed by atoms with E-state index in [1.54, 1.807) is 20.3 Å². The Labute approximate surface area is 74.7 Å². The molecule has 0 radical (unpaired) electrons. The number of alkyl halides is 3. The van der Waals surface area contributed by atoms with Gasteiger partial charge in [0.15, 0.2) is 0 Å². The molecular formula is CHCuF3IO3S. The van der Waals surface area contributed by atoms with Crippen LogP contribution < -0.4 is 0 Å². The number of hydrogen-bond acceptors (Lipinski definition) is 2. The van der Waals surface area contributed by atoms with E-state index >= 15 is 0 Å². The third kappa shape index (κ3) is 5.71. The molecule has 0 unspecified atom stereocenters. The molecule has 0 rings (SSSR count). The molecule has 0 amide bonds. The summed E-state index contributed by atoms with van der Waals surface area (Å²) in [4.78, 5) is 0. The minimum atomic E-state index is -5.84. The van der Waals surface area contributed by atoms with Crippen molar-refractivity contribution in [2.24, 2.45) is 0 Å². The average Bonchev–Trinajstić information content (AvgIpc) is 1.66. The molecule has 0 saturated heterocycles. The summed E-state index contributed by atoms with van der Waals surface area (Å²) in [6.45, 7) is 0. The number of hydrogen-bond donors (Lipinski definition) is 1. The van der Waals surface area contributed by atoms with Crippen molar-refractivity contribution in [3.05, 3.63) is 0 Å². The van der Waals surface area contributed by atoms with E-state index in [-0.39, 0.29) is 0 Å². The topological polar surface area (TPSA) is 54.4 Å². The molecule has 0 aromatic carbocycles. The molecule has 0 aromatic rings. The van der Waals surface area contributed by atoms with Crippen molar-refractivity contribution in [2.75, 3.05) is 0 Å². The Morgan fingerprint density at radius 3 is 1.40 bits per heavy atom. The first kappa shape index (κ1) is 13.5. The number of halogens is 4. The van der Waals surface area contributed by atoms with Gasteiger partial charge < -0.3 is 0 Å². The Morgan fingerprint density at radius 1 is 1.30 bits per heavy atom. The monoisotopic (exact) mass is 340 g/mol. The molecule has 0 heterocycles. The Morgan fingerprint density at radius 2 is 1.40 bits per heavy atom. The molecule has 0 saturated carbocycles. The predicted molar refractivity (Wildman–Crippen MR) is 31.6 cm³/mol. The van der Waals surface area contributed by atoms with Crippen LogP contribution in [-0.4, -0.2) is 18.5 Å². The fourth-order valence-electron chi connectivity index (χ4n) is 0. The van der Waals surface area contributed by atoms with Crippen molar-refractivity contribution in [3.8, 4) is 0 Å². The van der Waals surface area contributed by atoms with Crippen molar-refractivity contribution in [1.29, 1.82) is 0 Å². The summed E-state index contributed by atoms with van der Waals surface area (Å²) in [5.74, 6) is 0. The van der Waals surface area contributed by atoms with Crippen LogP contribution in [0.25, 0.3) is 0 Å². The molecule has 0 aliphatic rings. The zero-order valence-electron chi connectivity index (χ0n) is 3.99. The fourth-order valence-corrected chi connectivity index (χ4v) is 0. The Bertz CT molecular complexity index is 173. The quantitative estimate of drug-likeness (QED) is 0.313. The third-order valence-corrected chi connectivity index (χ3v) is 0.877. The van der Waals surface area contributed by atoms with Gasteiger partial charge in [-0.3, -0.25) is 4.55 Å². The molecule has 10 heavy (non-hydrogen) atoms. The van der Waals surface area contributed by atoms with Crippen LogP contribution in [-0.2, 0) is 22.9 Å². The van der Waals surface area contributed by atoms with Gasteiger partial charge in [-0.25, -0.2) is 0 Å². The van der Waals surface area contributed by atoms with Gasteiger partial charge in [0.2, 0.25) is 0 Å². The first-order valence-corrected chi connectivity index (χ1v) is 5.88. The van der Waals surface area contributed by atoms with Crippen molar-refractivity contribution >= 4 is 30.5 Å². The molecule has 9 heteroatoms. The number of rotatable bonds is 0. The van der Waals surface area contributed by atoms with E-state index in [2.05, 4.69) is 12.8 Å². The van der Waals surface area contributed by atoms with Gasteiger partial charge in [0.05, 0.1) is 0 Å². The van der Waals surface area contributed by atoms with E-state index in [0.717, 1.165) is 0 Å². The molecule has 0 spiro atoms. The second-order valence-electron chi connectivity index (χ2n) is 0.921. The summed E-state index contributed by atoms with van der Waals surface area (Å²) >= 11 is 5.87. The molecule has 0 fully saturated rings. The van der Waals surface area contributed by atoms with Crippen molar-refractivity contribution in [2.45, 2.75) is 5.51 Å². The molecule has 0 aliphatic heterocycles. The van der Waals surface area contributed by atoms with Gasteiger partial charge in [-0.1, -0.05) is 0 Å². The summed E-state index contributed by atoms with van der Waals surface area (Å²) in [5, 5.41) is 0. The molecule has 0 atom stereocenters. The summed E-state index contributed by atoms with van der Waals surface area (Å²) < 4.78 is 57.5. The normalized spacial score (nSPS) is 11.9. The van der Waals surface area contributed by atoms with Crippen LogP contribution in [0.4, 0.5) is 13.2 Å². The van der Waals surface area contributed by atoms with Gasteiger partial charge >= 0.3 is 48.7 Å². The van der Waals surface area contributed by atoms with E-state index in [9.17, 15) is 13.2 Å². The van der Waals surface area contributed by atoms with Crippen molar-refractivity contribution in [3.63, 3.8) is 0 Å². The van der Waals surface area contributed by atoms with E-state index < -0.39 is 15.6 Å². The van der Waals surface area contributed by atoms with Crippen LogP contribution in [0.3, 0.4) is 0 Å². The predicted octanol–water partition coefficient (Wildman–Crippen LogP) is 1.28. The first-order valence-electron chi connectivity index (χ1n) is 1.40. The van der Waals surface area contributed by atoms with Gasteiger partial charge in [0.25, 0.3) is 0 Å². The van der Waals surface area contributed by atoms with Gasteiger partial charge in [0.1, 0.15) is 0 Å².